The molecule has 1 heterocycles. The predicted molar refractivity (Wildman–Crippen MR) is 135 cm³/mol. The van der Waals surface area contributed by atoms with Crippen molar-refractivity contribution < 1.29 is 36.6 Å². The van der Waals surface area contributed by atoms with Gasteiger partial charge in [-0.1, -0.05) is 42.5 Å². The molecule has 38 heavy (non-hydrogen) atoms. The Hall–Kier alpha value is -4.27. The molecule has 4 rings (SSSR count). The van der Waals surface area contributed by atoms with Gasteiger partial charge in [0, 0.05) is 12.0 Å². The zero-order valence-electron chi connectivity index (χ0n) is 21.0. The van der Waals surface area contributed by atoms with Crippen molar-refractivity contribution in [3.63, 3.8) is 0 Å². The maximum absolute atomic E-state index is 13.7. The van der Waals surface area contributed by atoms with Crippen LogP contribution in [0.4, 0.5) is 13.2 Å². The van der Waals surface area contributed by atoms with Crippen molar-refractivity contribution in [3.05, 3.63) is 90.3 Å². The van der Waals surface area contributed by atoms with Gasteiger partial charge in [0.05, 0.1) is 19.4 Å². The van der Waals surface area contributed by atoms with Crippen LogP contribution in [0.15, 0.2) is 83.3 Å². The van der Waals surface area contributed by atoms with Crippen molar-refractivity contribution in [3.8, 4) is 34.1 Å². The number of rotatable bonds is 9. The van der Waals surface area contributed by atoms with Crippen LogP contribution in [-0.4, -0.2) is 30.3 Å². The summed E-state index contributed by atoms with van der Waals surface area (Å²) in [6.07, 6.45) is -4.82. The molecule has 0 aliphatic heterocycles. The molecule has 3 aromatic carbocycles. The van der Waals surface area contributed by atoms with E-state index in [2.05, 4.69) is 4.98 Å². The molecular formula is C29H26F3NO5. The van der Waals surface area contributed by atoms with Crippen LogP contribution in [0, 0.1) is 0 Å². The zero-order chi connectivity index (χ0) is 27.3. The maximum atomic E-state index is 13.7. The number of carbonyl (C=O) groups is 1. The van der Waals surface area contributed by atoms with Gasteiger partial charge in [-0.25, -0.2) is 9.78 Å². The minimum absolute atomic E-state index is 0.0597. The summed E-state index contributed by atoms with van der Waals surface area (Å²) in [7, 11) is 1.27. The van der Waals surface area contributed by atoms with Crippen LogP contribution in [0.25, 0.3) is 22.6 Å². The van der Waals surface area contributed by atoms with Gasteiger partial charge in [0.1, 0.15) is 11.5 Å². The molecule has 0 saturated carbocycles. The number of nitrogens with zero attached hydrogens (tertiary/aromatic N) is 1. The molecule has 0 radical (unpaired) electrons. The van der Waals surface area contributed by atoms with E-state index in [0.717, 1.165) is 11.1 Å². The summed E-state index contributed by atoms with van der Waals surface area (Å²) in [5.74, 6) is -0.954. The van der Waals surface area contributed by atoms with Gasteiger partial charge in [0.15, 0.2) is 5.60 Å². The number of hydrogen-bond acceptors (Lipinski definition) is 6. The summed E-state index contributed by atoms with van der Waals surface area (Å²) in [4.78, 5) is 15.9. The molecule has 9 heteroatoms. The lowest BCUT2D eigenvalue weighted by atomic mass is 10.0. The highest BCUT2D eigenvalue weighted by Gasteiger charge is 2.39. The number of hydrogen-bond donors (Lipinski definition) is 0. The van der Waals surface area contributed by atoms with Gasteiger partial charge in [0.2, 0.25) is 11.7 Å². The van der Waals surface area contributed by atoms with Crippen LogP contribution >= 0.6 is 0 Å². The van der Waals surface area contributed by atoms with Crippen molar-refractivity contribution in [1.29, 1.82) is 0 Å². The minimum atomic E-state index is -4.70. The standard InChI is InChI=1S/C29H26F3NO5/c1-28(2,27(34)35-3)38-23-15-13-22(14-16-23)36-18-17-24-25(29(30,31)32)37-26(33-24)21-11-9-20(10-12-21)19-7-5-4-6-8-19/h4-16H,17-18H2,1-3H3. The number of methoxy groups -OCH3 is 1. The quantitative estimate of drug-likeness (QED) is 0.220. The fourth-order valence-corrected chi connectivity index (χ4v) is 3.75. The molecule has 0 atom stereocenters. The molecule has 0 aliphatic rings. The van der Waals surface area contributed by atoms with Crippen LogP contribution < -0.4 is 9.47 Å². The molecule has 0 saturated heterocycles. The third-order valence-electron chi connectivity index (χ3n) is 5.68. The first kappa shape index (κ1) is 26.8. The fourth-order valence-electron chi connectivity index (χ4n) is 3.75. The smallest absolute Gasteiger partial charge is 0.451 e. The molecule has 0 amide bonds. The summed E-state index contributed by atoms with van der Waals surface area (Å²) >= 11 is 0. The average Bonchev–Trinajstić information content (AvgIpc) is 3.34. The van der Waals surface area contributed by atoms with E-state index in [1.165, 1.54) is 7.11 Å². The molecule has 0 spiro atoms. The van der Waals surface area contributed by atoms with Crippen LogP contribution in [0.5, 0.6) is 11.5 Å². The largest absolute Gasteiger partial charge is 0.493 e. The Morgan fingerprint density at radius 1 is 0.842 bits per heavy atom. The van der Waals surface area contributed by atoms with Crippen LogP contribution in [-0.2, 0) is 22.1 Å². The van der Waals surface area contributed by atoms with Crippen LogP contribution in [0.3, 0.4) is 0 Å². The number of aromatic nitrogens is 1. The highest BCUT2D eigenvalue weighted by atomic mass is 19.4. The van der Waals surface area contributed by atoms with E-state index in [4.69, 9.17) is 18.6 Å². The first-order valence-electron chi connectivity index (χ1n) is 11.8. The number of ether oxygens (including phenoxy) is 3. The molecular weight excluding hydrogens is 499 g/mol. The van der Waals surface area contributed by atoms with Crippen LogP contribution in [0.2, 0.25) is 0 Å². The molecule has 1 aromatic heterocycles. The molecule has 4 aromatic rings. The van der Waals surface area contributed by atoms with Crippen molar-refractivity contribution in [2.75, 3.05) is 13.7 Å². The number of carbonyl (C=O) groups excluding carboxylic acids is 1. The molecule has 0 fully saturated rings. The topological polar surface area (TPSA) is 70.8 Å². The number of halogens is 3. The van der Waals surface area contributed by atoms with Gasteiger partial charge in [-0.15, -0.1) is 0 Å². The van der Waals surface area contributed by atoms with Gasteiger partial charge in [-0.2, -0.15) is 13.2 Å². The van der Waals surface area contributed by atoms with E-state index in [1.807, 2.05) is 42.5 Å². The maximum Gasteiger partial charge on any atom is 0.451 e. The van der Waals surface area contributed by atoms with Crippen molar-refractivity contribution in [2.45, 2.75) is 32.0 Å². The second-order valence-electron chi connectivity index (χ2n) is 8.91. The molecule has 0 unspecified atom stereocenters. The summed E-state index contributed by atoms with van der Waals surface area (Å²) in [6.45, 7) is 3.09. The zero-order valence-corrected chi connectivity index (χ0v) is 21.0. The molecule has 6 nitrogen and oxygen atoms in total. The Kier molecular flexibility index (Phi) is 7.75. The SMILES string of the molecule is COC(=O)C(C)(C)Oc1ccc(OCCc2nc(-c3ccc(-c4ccccc4)cc3)oc2C(F)(F)F)cc1. The van der Waals surface area contributed by atoms with E-state index in [1.54, 1.807) is 50.2 Å². The van der Waals surface area contributed by atoms with Gasteiger partial charge in [0.25, 0.3) is 0 Å². The van der Waals surface area contributed by atoms with E-state index >= 15 is 0 Å². The Balaban J connectivity index is 1.43. The Morgan fingerprint density at radius 3 is 2.03 bits per heavy atom. The fraction of sp³-hybridized carbons (Fsp3) is 0.241. The molecule has 0 aliphatic carbocycles. The normalized spacial score (nSPS) is 11.7. The highest BCUT2D eigenvalue weighted by Crippen LogP contribution is 2.36. The van der Waals surface area contributed by atoms with E-state index in [9.17, 15) is 18.0 Å². The Labute approximate surface area is 218 Å². The summed E-state index contributed by atoms with van der Waals surface area (Å²) in [5.41, 5.74) is 0.938. The first-order valence-corrected chi connectivity index (χ1v) is 11.8. The number of benzene rings is 3. The summed E-state index contributed by atoms with van der Waals surface area (Å²) in [5, 5.41) is 0. The predicted octanol–water partition coefficient (Wildman–Crippen LogP) is 6.98. The lowest BCUT2D eigenvalue weighted by molar-refractivity contribution is -0.156. The van der Waals surface area contributed by atoms with Crippen molar-refractivity contribution in [1.82, 2.24) is 4.98 Å². The Morgan fingerprint density at radius 2 is 1.42 bits per heavy atom. The third kappa shape index (κ3) is 6.34. The first-order chi connectivity index (χ1) is 18.1. The van der Waals surface area contributed by atoms with Gasteiger partial charge in [-0.3, -0.25) is 0 Å². The van der Waals surface area contributed by atoms with E-state index < -0.39 is 23.5 Å². The third-order valence-corrected chi connectivity index (χ3v) is 5.68. The summed E-state index contributed by atoms with van der Waals surface area (Å²) in [6, 6.07) is 23.0. The van der Waals surface area contributed by atoms with E-state index in [-0.39, 0.29) is 24.6 Å². The monoisotopic (exact) mass is 525 g/mol. The highest BCUT2D eigenvalue weighted by molar-refractivity contribution is 5.78. The van der Waals surface area contributed by atoms with Crippen molar-refractivity contribution in [2.24, 2.45) is 0 Å². The second-order valence-corrected chi connectivity index (χ2v) is 8.91. The lowest BCUT2D eigenvalue weighted by Gasteiger charge is -2.23. The minimum Gasteiger partial charge on any atom is -0.493 e. The molecule has 0 N–H and O–H groups in total. The van der Waals surface area contributed by atoms with Gasteiger partial charge in [-0.05, 0) is 61.4 Å². The molecule has 0 bridgehead atoms. The average molecular weight is 526 g/mol. The number of oxazole rings is 1. The van der Waals surface area contributed by atoms with Crippen LogP contribution in [0.1, 0.15) is 25.3 Å². The number of esters is 1. The second kappa shape index (κ2) is 11.0. The Bertz CT molecular complexity index is 1360. The number of alkyl halides is 3. The van der Waals surface area contributed by atoms with Gasteiger partial charge < -0.3 is 18.6 Å². The lowest BCUT2D eigenvalue weighted by Crippen LogP contribution is -2.39. The van der Waals surface area contributed by atoms with Gasteiger partial charge >= 0.3 is 12.1 Å². The van der Waals surface area contributed by atoms with Crippen molar-refractivity contribution >= 4 is 5.97 Å². The molecule has 198 valence electrons. The summed E-state index contributed by atoms with van der Waals surface area (Å²) < 4.78 is 62.1. The van der Waals surface area contributed by atoms with E-state index in [0.29, 0.717) is 17.1 Å².